The van der Waals surface area contributed by atoms with Gasteiger partial charge in [-0.1, -0.05) is 5.16 Å². The Morgan fingerprint density at radius 1 is 1.47 bits per heavy atom. The van der Waals surface area contributed by atoms with Gasteiger partial charge in [-0.25, -0.2) is 0 Å². The number of carbonyl (C=O) groups is 2. The second-order valence-corrected chi connectivity index (χ2v) is 4.01. The standard InChI is InChI=1S/C12H13N3O4/c1-8-6-10(14-19-8)13-11(16)7-15(2)12(17)9-4-3-5-18-9/h3-6H,7H2,1-2H3,(H,13,14,16). The van der Waals surface area contributed by atoms with Crippen molar-refractivity contribution in [3.8, 4) is 0 Å². The summed E-state index contributed by atoms with van der Waals surface area (Å²) in [4.78, 5) is 24.8. The summed E-state index contributed by atoms with van der Waals surface area (Å²) in [5.41, 5.74) is 0. The minimum atomic E-state index is -0.365. The van der Waals surface area contributed by atoms with Gasteiger partial charge in [0.05, 0.1) is 6.26 Å². The largest absolute Gasteiger partial charge is 0.459 e. The second-order valence-electron chi connectivity index (χ2n) is 4.01. The van der Waals surface area contributed by atoms with E-state index in [2.05, 4.69) is 10.5 Å². The van der Waals surface area contributed by atoms with Crippen LogP contribution in [0.15, 0.2) is 33.4 Å². The van der Waals surface area contributed by atoms with Gasteiger partial charge in [-0.2, -0.15) is 0 Å². The molecule has 0 saturated heterocycles. The van der Waals surface area contributed by atoms with Gasteiger partial charge in [0.15, 0.2) is 11.6 Å². The average Bonchev–Trinajstić information content (AvgIpc) is 2.99. The van der Waals surface area contributed by atoms with Crippen molar-refractivity contribution in [2.24, 2.45) is 0 Å². The molecule has 7 nitrogen and oxygen atoms in total. The second kappa shape index (κ2) is 5.38. The molecule has 0 bridgehead atoms. The Hall–Kier alpha value is -2.57. The molecule has 0 radical (unpaired) electrons. The Balaban J connectivity index is 1.90. The molecule has 0 unspecified atom stereocenters. The van der Waals surface area contributed by atoms with Crippen LogP contribution in [0.2, 0.25) is 0 Å². The Labute approximate surface area is 109 Å². The molecule has 2 aromatic heterocycles. The molecule has 100 valence electrons. The number of aromatic nitrogens is 1. The summed E-state index contributed by atoms with van der Waals surface area (Å²) in [5.74, 6) is 0.372. The van der Waals surface area contributed by atoms with Crippen molar-refractivity contribution in [2.45, 2.75) is 6.92 Å². The zero-order valence-electron chi connectivity index (χ0n) is 10.5. The number of amides is 2. The molecular weight excluding hydrogens is 250 g/mol. The highest BCUT2D eigenvalue weighted by Crippen LogP contribution is 2.07. The zero-order valence-corrected chi connectivity index (χ0v) is 10.5. The summed E-state index contributed by atoms with van der Waals surface area (Å²) in [7, 11) is 1.51. The van der Waals surface area contributed by atoms with Gasteiger partial charge >= 0.3 is 0 Å². The van der Waals surface area contributed by atoms with Crippen molar-refractivity contribution >= 4 is 17.6 Å². The summed E-state index contributed by atoms with van der Waals surface area (Å²) >= 11 is 0. The summed E-state index contributed by atoms with van der Waals surface area (Å²) in [6, 6.07) is 4.74. The maximum absolute atomic E-state index is 11.8. The molecule has 0 atom stereocenters. The third-order valence-electron chi connectivity index (χ3n) is 2.35. The lowest BCUT2D eigenvalue weighted by Gasteiger charge is -2.14. The molecule has 2 aromatic rings. The first kappa shape index (κ1) is 12.9. The van der Waals surface area contributed by atoms with Gasteiger partial charge < -0.3 is 19.2 Å². The van der Waals surface area contributed by atoms with Crippen molar-refractivity contribution in [1.82, 2.24) is 10.1 Å². The van der Waals surface area contributed by atoms with E-state index in [0.717, 1.165) is 0 Å². The molecule has 7 heteroatoms. The smallest absolute Gasteiger partial charge is 0.289 e. The Kier molecular flexibility index (Phi) is 3.65. The summed E-state index contributed by atoms with van der Waals surface area (Å²) < 4.78 is 9.79. The number of carbonyl (C=O) groups excluding carboxylic acids is 2. The Morgan fingerprint density at radius 3 is 2.84 bits per heavy atom. The van der Waals surface area contributed by atoms with Crippen molar-refractivity contribution in [2.75, 3.05) is 18.9 Å². The van der Waals surface area contributed by atoms with Crippen molar-refractivity contribution in [3.63, 3.8) is 0 Å². The fourth-order valence-electron chi connectivity index (χ4n) is 1.48. The van der Waals surface area contributed by atoms with Crippen molar-refractivity contribution in [1.29, 1.82) is 0 Å². The number of rotatable bonds is 4. The highest BCUT2D eigenvalue weighted by atomic mass is 16.5. The number of nitrogens with zero attached hydrogens (tertiary/aromatic N) is 2. The van der Waals surface area contributed by atoms with Crippen molar-refractivity contribution in [3.05, 3.63) is 36.0 Å². The lowest BCUT2D eigenvalue weighted by molar-refractivity contribution is -0.116. The van der Waals surface area contributed by atoms with Crippen molar-refractivity contribution < 1.29 is 18.5 Å². The monoisotopic (exact) mass is 263 g/mol. The van der Waals surface area contributed by atoms with E-state index in [-0.39, 0.29) is 24.1 Å². The van der Waals surface area contributed by atoms with Crippen LogP contribution in [0.1, 0.15) is 16.3 Å². The molecule has 2 heterocycles. The fraction of sp³-hybridized carbons (Fsp3) is 0.250. The van der Waals surface area contributed by atoms with Gasteiger partial charge in [0.25, 0.3) is 5.91 Å². The molecule has 1 N–H and O–H groups in total. The zero-order chi connectivity index (χ0) is 13.8. The number of nitrogens with one attached hydrogen (secondary N) is 1. The number of hydrogen-bond acceptors (Lipinski definition) is 5. The van der Waals surface area contributed by atoms with Gasteiger partial charge in [-0.3, -0.25) is 9.59 Å². The highest BCUT2D eigenvalue weighted by molar-refractivity contribution is 5.97. The third-order valence-corrected chi connectivity index (χ3v) is 2.35. The molecule has 0 aliphatic carbocycles. The van der Waals surface area contributed by atoms with Crippen LogP contribution in [-0.4, -0.2) is 35.5 Å². The first-order chi connectivity index (χ1) is 9.06. The van der Waals surface area contributed by atoms with E-state index in [0.29, 0.717) is 11.6 Å². The van der Waals surface area contributed by atoms with Gasteiger partial charge in [-0.15, -0.1) is 0 Å². The van der Waals surface area contributed by atoms with E-state index >= 15 is 0 Å². The molecule has 0 aliphatic heterocycles. The van der Waals surface area contributed by atoms with Crippen LogP contribution in [0.4, 0.5) is 5.82 Å². The van der Waals surface area contributed by atoms with Crippen LogP contribution >= 0.6 is 0 Å². The van der Waals surface area contributed by atoms with E-state index in [1.165, 1.54) is 24.3 Å². The van der Waals surface area contributed by atoms with E-state index in [4.69, 9.17) is 8.94 Å². The average molecular weight is 263 g/mol. The Morgan fingerprint density at radius 2 is 2.26 bits per heavy atom. The fourth-order valence-corrected chi connectivity index (χ4v) is 1.48. The quantitative estimate of drug-likeness (QED) is 0.897. The van der Waals surface area contributed by atoms with E-state index in [1.54, 1.807) is 19.1 Å². The molecule has 0 aromatic carbocycles. The van der Waals surface area contributed by atoms with Gasteiger partial charge in [0.1, 0.15) is 12.3 Å². The van der Waals surface area contributed by atoms with E-state index < -0.39 is 0 Å². The highest BCUT2D eigenvalue weighted by Gasteiger charge is 2.17. The molecular formula is C12H13N3O4. The maximum atomic E-state index is 11.8. The SMILES string of the molecule is Cc1cc(NC(=O)CN(C)C(=O)c2ccco2)no1. The third kappa shape index (κ3) is 3.21. The molecule has 2 amide bonds. The van der Waals surface area contributed by atoms with Crippen LogP contribution in [0.5, 0.6) is 0 Å². The maximum Gasteiger partial charge on any atom is 0.289 e. The predicted molar refractivity (Wildman–Crippen MR) is 65.5 cm³/mol. The molecule has 2 rings (SSSR count). The number of furan rings is 1. The van der Waals surface area contributed by atoms with Crippen LogP contribution in [0.25, 0.3) is 0 Å². The topological polar surface area (TPSA) is 88.6 Å². The summed E-state index contributed by atoms with van der Waals surface area (Å²) in [6.45, 7) is 1.61. The summed E-state index contributed by atoms with van der Waals surface area (Å²) in [6.07, 6.45) is 1.40. The van der Waals surface area contributed by atoms with Crippen LogP contribution in [0.3, 0.4) is 0 Å². The molecule has 0 aliphatic rings. The number of likely N-dealkylation sites (N-methyl/N-ethyl adjacent to an activating group) is 1. The summed E-state index contributed by atoms with van der Waals surface area (Å²) in [5, 5.41) is 6.15. The predicted octanol–water partition coefficient (Wildman–Crippen LogP) is 1.29. The molecule has 0 fully saturated rings. The normalized spacial score (nSPS) is 10.2. The van der Waals surface area contributed by atoms with Gasteiger partial charge in [0, 0.05) is 13.1 Å². The Bertz CT molecular complexity index is 574. The lowest BCUT2D eigenvalue weighted by Crippen LogP contribution is -2.34. The lowest BCUT2D eigenvalue weighted by atomic mass is 10.4. The number of hydrogen-bond donors (Lipinski definition) is 1. The van der Waals surface area contributed by atoms with E-state index in [1.807, 2.05) is 0 Å². The van der Waals surface area contributed by atoms with E-state index in [9.17, 15) is 9.59 Å². The van der Waals surface area contributed by atoms with Gasteiger partial charge in [-0.05, 0) is 19.1 Å². The molecule has 0 saturated carbocycles. The van der Waals surface area contributed by atoms with Crippen LogP contribution < -0.4 is 5.32 Å². The first-order valence-electron chi connectivity index (χ1n) is 5.58. The minimum absolute atomic E-state index is 0.106. The molecule has 19 heavy (non-hydrogen) atoms. The number of aryl methyl sites for hydroxylation is 1. The minimum Gasteiger partial charge on any atom is -0.459 e. The van der Waals surface area contributed by atoms with Gasteiger partial charge in [0.2, 0.25) is 5.91 Å². The van der Waals surface area contributed by atoms with Crippen LogP contribution in [0, 0.1) is 6.92 Å². The number of anilines is 1. The molecule has 0 spiro atoms. The van der Waals surface area contributed by atoms with Crippen LogP contribution in [-0.2, 0) is 4.79 Å². The first-order valence-corrected chi connectivity index (χ1v) is 5.58.